The number of unbranched alkanes of at least 4 members (excludes halogenated alkanes) is 1. The highest BCUT2D eigenvalue weighted by molar-refractivity contribution is 5.83. The second kappa shape index (κ2) is 26.7. The van der Waals surface area contributed by atoms with E-state index in [-0.39, 0.29) is 62.3 Å². The summed E-state index contributed by atoms with van der Waals surface area (Å²) in [6.07, 6.45) is -10.4. The van der Waals surface area contributed by atoms with Crippen LogP contribution in [0.5, 0.6) is 0 Å². The molecular weight excluding hydrogens is 987 g/mol. The van der Waals surface area contributed by atoms with Gasteiger partial charge in [-0.3, -0.25) is 34.6 Å². The van der Waals surface area contributed by atoms with Crippen molar-refractivity contribution in [1.29, 1.82) is 0 Å². The zero-order chi connectivity index (χ0) is 56.5. The van der Waals surface area contributed by atoms with E-state index in [4.69, 9.17) is 37.9 Å². The van der Waals surface area contributed by atoms with E-state index < -0.39 is 135 Å². The number of methoxy groups -OCH3 is 2. The van der Waals surface area contributed by atoms with Gasteiger partial charge < -0.3 is 68.7 Å². The number of amides is 2. The summed E-state index contributed by atoms with van der Waals surface area (Å²) in [7, 11) is 6.61. The van der Waals surface area contributed by atoms with E-state index in [2.05, 4.69) is 10.6 Å². The number of nitro benzene ring substituents is 2. The number of hydrogen-bond acceptors (Lipinski definition) is 20. The predicted octanol–water partition coefficient (Wildman–Crippen LogP) is 4.13. The molecule has 0 aliphatic carbocycles. The Balaban J connectivity index is 1.56. The molecule has 0 bridgehead atoms. The lowest BCUT2D eigenvalue weighted by atomic mass is 9.74. The lowest BCUT2D eigenvalue weighted by Crippen LogP contribution is -2.62. The molecule has 18 atom stereocenters. The second-order valence-corrected chi connectivity index (χ2v) is 21.5. The van der Waals surface area contributed by atoms with Gasteiger partial charge in [0, 0.05) is 69.7 Å². The van der Waals surface area contributed by atoms with E-state index in [9.17, 15) is 54.7 Å². The second-order valence-electron chi connectivity index (χ2n) is 21.5. The first-order chi connectivity index (χ1) is 34.9. The third-order valence-electron chi connectivity index (χ3n) is 15.4. The number of alkyl carbamates (subject to hydrolysis) is 1. The maximum atomic E-state index is 14.5. The highest BCUT2D eigenvalue weighted by atomic mass is 16.7. The van der Waals surface area contributed by atoms with Gasteiger partial charge in [-0.15, -0.1) is 0 Å². The number of ketones is 1. The molecular formula is C51H83N5O19. The number of aliphatic hydroxyl groups is 3. The smallest absolute Gasteiger partial charge is 0.407 e. The normalized spacial score (nSPS) is 37.2. The molecule has 1 unspecified atom stereocenters. The number of hydrogen-bond donors (Lipinski definition) is 5. The molecule has 1 aromatic rings. The van der Waals surface area contributed by atoms with Crippen LogP contribution in [0.2, 0.25) is 0 Å². The van der Waals surface area contributed by atoms with Gasteiger partial charge in [0.25, 0.3) is 11.4 Å². The number of rotatable bonds is 18. The molecule has 4 rings (SSSR count). The van der Waals surface area contributed by atoms with Gasteiger partial charge in [0.1, 0.15) is 29.2 Å². The summed E-state index contributed by atoms with van der Waals surface area (Å²) < 4.78 is 50.8. The number of aliphatic hydroxyl groups excluding tert-OH is 2. The zero-order valence-electron chi connectivity index (χ0n) is 46.0. The van der Waals surface area contributed by atoms with Crippen LogP contribution in [0, 0.1) is 43.9 Å². The Morgan fingerprint density at radius 2 is 1.41 bits per heavy atom. The number of esters is 1. The lowest BCUT2D eigenvalue weighted by molar-refractivity contribution is -0.394. The van der Waals surface area contributed by atoms with Crippen LogP contribution in [0.3, 0.4) is 0 Å². The molecule has 24 nitrogen and oxygen atoms in total. The molecule has 1 aromatic carbocycles. The molecule has 3 aliphatic heterocycles. The quantitative estimate of drug-likeness (QED) is 0.0597. The Labute approximate surface area is 439 Å². The monoisotopic (exact) mass is 1070 g/mol. The number of ether oxygens (including phenoxy) is 8. The number of non-ortho nitro benzene ring substituents is 2. The number of nitro groups is 2. The molecule has 3 fully saturated rings. The Kier molecular flexibility index (Phi) is 22.4. The van der Waals surface area contributed by atoms with Gasteiger partial charge in [0.2, 0.25) is 5.91 Å². The predicted molar refractivity (Wildman–Crippen MR) is 269 cm³/mol. The topological polar surface area (TPSA) is 316 Å². The van der Waals surface area contributed by atoms with Gasteiger partial charge in [-0.1, -0.05) is 27.7 Å². The summed E-state index contributed by atoms with van der Waals surface area (Å²) in [5.41, 5.74) is -5.54. The maximum absolute atomic E-state index is 14.5. The van der Waals surface area contributed by atoms with E-state index in [1.165, 1.54) is 28.1 Å². The molecule has 2 amide bonds. The third-order valence-corrected chi connectivity index (χ3v) is 15.4. The van der Waals surface area contributed by atoms with Crippen molar-refractivity contribution in [2.75, 3.05) is 41.4 Å². The standard InChI is InChI=1S/C51H83N5O19/c1-15-37-51(10,63)43(60)29(4)40(58)27(2)25-49(8,68-13)44(74-47-41(59)36(54(11)12)20-28(3)70-47)30(5)42(31(6)46(61)72-37)73-39-26-50(9,69-14)45(32(7)71-39)75-48(62)53-19-17-16-18-52-38(57)23-33-21-34(55(64)65)24-35(22-33)56(66)67/h21-22,24,27-32,36-37,39,41-45,47,59-60,63H,15-20,23,25-26H2,1-14H3,(H,52,57)(H,53,62)/t27-,28-,29-,30-,31-,32+,36+,37+,39+,41-,42+,43+,44?,45+,47+,49-,50-,51-/m1/s1. The first-order valence-corrected chi connectivity index (χ1v) is 25.8. The van der Waals surface area contributed by atoms with E-state index in [0.29, 0.717) is 19.3 Å². The van der Waals surface area contributed by atoms with Crippen molar-refractivity contribution in [3.05, 3.63) is 44.0 Å². The third kappa shape index (κ3) is 15.6. The fourth-order valence-corrected chi connectivity index (χ4v) is 10.8. The summed E-state index contributed by atoms with van der Waals surface area (Å²) in [6, 6.07) is 2.66. The summed E-state index contributed by atoms with van der Waals surface area (Å²) in [4.78, 5) is 77.3. The molecule has 3 heterocycles. The van der Waals surface area contributed by atoms with Gasteiger partial charge in [-0.2, -0.15) is 0 Å². The summed E-state index contributed by atoms with van der Waals surface area (Å²) in [6.45, 7) is 17.0. The first kappa shape index (κ1) is 63.0. The Hall–Kier alpha value is -4.50. The summed E-state index contributed by atoms with van der Waals surface area (Å²) in [5, 5.41) is 63.0. The summed E-state index contributed by atoms with van der Waals surface area (Å²) >= 11 is 0. The average Bonchev–Trinajstić information content (AvgIpc) is 3.35. The SMILES string of the molecule is CC[C@@H]1OC(=O)[C@H](C)[C@@H](O[C@H]2C[C@@](C)(OC)[C@@H](OC(=O)NCCCCNC(=O)Cc3cc([N+](=O)[O-])cc([N+](=O)[O-])c3)[C@H](C)O2)[C@@H](C)C(O[C@@H]2O[C@H](C)C[C@H](N(C)C)[C@H]2O)[C@](C)(OC)C[C@@H](C)C(=O)[C@@H](C)[C@H](O)[C@]1(C)O. The van der Waals surface area contributed by atoms with Crippen LogP contribution in [-0.4, -0.2) is 179 Å². The lowest BCUT2D eigenvalue weighted by Gasteiger charge is -2.50. The van der Waals surface area contributed by atoms with Crippen molar-refractivity contribution in [2.24, 2.45) is 23.7 Å². The maximum Gasteiger partial charge on any atom is 0.407 e. The fraction of sp³-hybridized carbons (Fsp3) is 0.804. The molecule has 426 valence electrons. The van der Waals surface area contributed by atoms with Crippen LogP contribution in [0.4, 0.5) is 16.2 Å². The number of likely N-dealkylation sites (N-methyl/N-ethyl adjacent to an activating group) is 1. The molecule has 0 aromatic heterocycles. The number of benzene rings is 1. The zero-order valence-corrected chi connectivity index (χ0v) is 46.0. The fourth-order valence-electron chi connectivity index (χ4n) is 10.8. The number of carbonyl (C=O) groups is 4. The Morgan fingerprint density at radius 1 is 0.840 bits per heavy atom. The number of carbonyl (C=O) groups excluding carboxylic acids is 4. The van der Waals surface area contributed by atoms with Gasteiger partial charge in [-0.05, 0) is 93.3 Å². The van der Waals surface area contributed by atoms with Crippen LogP contribution in [-0.2, 0) is 58.7 Å². The van der Waals surface area contributed by atoms with Crippen LogP contribution in [0.1, 0.15) is 113 Å². The van der Waals surface area contributed by atoms with E-state index in [1.54, 1.807) is 48.5 Å². The number of nitrogens with zero attached hydrogens (tertiary/aromatic N) is 3. The van der Waals surface area contributed by atoms with Gasteiger partial charge in [-0.25, -0.2) is 4.79 Å². The Morgan fingerprint density at radius 3 is 1.96 bits per heavy atom. The van der Waals surface area contributed by atoms with E-state index in [0.717, 1.165) is 18.2 Å². The van der Waals surface area contributed by atoms with Crippen molar-refractivity contribution in [2.45, 2.75) is 198 Å². The van der Waals surface area contributed by atoms with Gasteiger partial charge >= 0.3 is 12.1 Å². The minimum absolute atomic E-state index is 0.0262. The molecule has 0 radical (unpaired) electrons. The minimum atomic E-state index is -2.05. The van der Waals surface area contributed by atoms with Crippen molar-refractivity contribution >= 4 is 35.1 Å². The Bertz CT molecular complexity index is 2100. The highest BCUT2D eigenvalue weighted by Gasteiger charge is 2.55. The highest BCUT2D eigenvalue weighted by Crippen LogP contribution is 2.42. The van der Waals surface area contributed by atoms with Crippen LogP contribution in [0.15, 0.2) is 18.2 Å². The number of Topliss-reactive ketones (excluding diaryl/α,β-unsaturated/α-hetero) is 1. The number of cyclic esters (lactones) is 1. The largest absolute Gasteiger partial charge is 0.459 e. The van der Waals surface area contributed by atoms with Crippen LogP contribution >= 0.6 is 0 Å². The van der Waals surface area contributed by atoms with Crippen LogP contribution < -0.4 is 10.6 Å². The number of nitrogens with one attached hydrogen (secondary N) is 2. The van der Waals surface area contributed by atoms with E-state index in [1.807, 2.05) is 25.9 Å². The molecule has 24 heteroatoms. The van der Waals surface area contributed by atoms with Crippen molar-refractivity contribution in [1.82, 2.24) is 15.5 Å². The van der Waals surface area contributed by atoms with Gasteiger partial charge in [0.05, 0.1) is 64.4 Å². The van der Waals surface area contributed by atoms with Crippen molar-refractivity contribution in [3.63, 3.8) is 0 Å². The van der Waals surface area contributed by atoms with Crippen molar-refractivity contribution < 1.29 is 82.2 Å². The molecule has 0 saturated carbocycles. The van der Waals surface area contributed by atoms with Crippen LogP contribution in [0.25, 0.3) is 0 Å². The van der Waals surface area contributed by atoms with Gasteiger partial charge in [0.15, 0.2) is 18.7 Å². The molecule has 0 spiro atoms. The average molecular weight is 1070 g/mol. The molecule has 5 N–H and O–H groups in total. The summed E-state index contributed by atoms with van der Waals surface area (Å²) in [5.74, 6) is -5.50. The molecule has 3 aliphatic rings. The molecule has 3 saturated heterocycles. The van der Waals surface area contributed by atoms with Crippen molar-refractivity contribution in [3.8, 4) is 0 Å². The molecule has 75 heavy (non-hydrogen) atoms. The minimum Gasteiger partial charge on any atom is -0.459 e. The van der Waals surface area contributed by atoms with E-state index >= 15 is 0 Å². The first-order valence-electron chi connectivity index (χ1n) is 25.8.